The minimum absolute atomic E-state index is 0.603. The van der Waals surface area contributed by atoms with Crippen molar-refractivity contribution in [3.63, 3.8) is 0 Å². The predicted molar refractivity (Wildman–Crippen MR) is 78.8 cm³/mol. The van der Waals surface area contributed by atoms with Crippen molar-refractivity contribution in [1.29, 1.82) is 0 Å². The van der Waals surface area contributed by atoms with Crippen LogP contribution in [0.25, 0.3) is 0 Å². The van der Waals surface area contributed by atoms with Crippen LogP contribution in [-0.2, 0) is 13.0 Å². The number of fused-ring (bicyclic) bond motifs is 1. The number of hydrogen-bond acceptors (Lipinski definition) is 5. The lowest BCUT2D eigenvalue weighted by Gasteiger charge is -2.29. The highest BCUT2D eigenvalue weighted by atomic mass is 16.5. The van der Waals surface area contributed by atoms with Gasteiger partial charge in [-0.05, 0) is 30.5 Å². The van der Waals surface area contributed by atoms with E-state index in [-0.39, 0.29) is 0 Å². The van der Waals surface area contributed by atoms with Gasteiger partial charge >= 0.3 is 0 Å². The van der Waals surface area contributed by atoms with E-state index in [4.69, 9.17) is 10.5 Å². The second-order valence-corrected chi connectivity index (χ2v) is 4.78. The Bertz CT molecular complexity index is 615. The number of ether oxygens (including phenoxy) is 1. The third-order valence-corrected chi connectivity index (χ3v) is 3.50. The van der Waals surface area contributed by atoms with Gasteiger partial charge in [0, 0.05) is 31.0 Å². The maximum Gasteiger partial charge on any atom is 0.228 e. The molecule has 0 atom stereocenters. The molecule has 1 aliphatic rings. The molecule has 0 radical (unpaired) electrons. The van der Waals surface area contributed by atoms with Crippen LogP contribution in [0.1, 0.15) is 18.1 Å². The Morgan fingerprint density at radius 2 is 2.25 bits per heavy atom. The molecule has 1 aromatic heterocycles. The van der Waals surface area contributed by atoms with Gasteiger partial charge in [0.1, 0.15) is 0 Å². The summed E-state index contributed by atoms with van der Waals surface area (Å²) in [6.45, 7) is 4.19. The van der Waals surface area contributed by atoms with Gasteiger partial charge in [-0.25, -0.2) is 4.98 Å². The molecule has 5 heteroatoms. The SMILES string of the molecule is CCOc1ccnc(N2CCc3cccc(N)c3C2)n1. The Kier molecular flexibility index (Phi) is 3.41. The summed E-state index contributed by atoms with van der Waals surface area (Å²) in [6, 6.07) is 7.87. The summed E-state index contributed by atoms with van der Waals surface area (Å²) >= 11 is 0. The number of nitrogen functional groups attached to an aromatic ring is 1. The van der Waals surface area contributed by atoms with Crippen LogP contribution in [0.5, 0.6) is 5.88 Å². The van der Waals surface area contributed by atoms with Gasteiger partial charge in [0.15, 0.2) is 0 Å². The maximum absolute atomic E-state index is 6.07. The molecule has 0 bridgehead atoms. The molecule has 2 aromatic rings. The summed E-state index contributed by atoms with van der Waals surface area (Å²) in [5.74, 6) is 1.31. The van der Waals surface area contributed by atoms with Gasteiger partial charge in [-0.2, -0.15) is 4.98 Å². The molecule has 2 heterocycles. The van der Waals surface area contributed by atoms with E-state index < -0.39 is 0 Å². The molecule has 1 aromatic carbocycles. The average Bonchev–Trinajstić information content (AvgIpc) is 2.48. The normalized spacial score (nSPS) is 13.9. The van der Waals surface area contributed by atoms with Crippen LogP contribution in [0.15, 0.2) is 30.5 Å². The van der Waals surface area contributed by atoms with Gasteiger partial charge in [-0.3, -0.25) is 0 Å². The lowest BCUT2D eigenvalue weighted by molar-refractivity contribution is 0.326. The highest BCUT2D eigenvalue weighted by Crippen LogP contribution is 2.26. The van der Waals surface area contributed by atoms with Crippen LogP contribution < -0.4 is 15.4 Å². The highest BCUT2D eigenvalue weighted by molar-refractivity contribution is 5.54. The predicted octanol–water partition coefficient (Wildman–Crippen LogP) is 2.02. The van der Waals surface area contributed by atoms with E-state index in [1.807, 2.05) is 19.1 Å². The van der Waals surface area contributed by atoms with Crippen molar-refractivity contribution in [1.82, 2.24) is 9.97 Å². The van der Waals surface area contributed by atoms with E-state index in [1.165, 1.54) is 11.1 Å². The zero-order valence-corrected chi connectivity index (χ0v) is 11.5. The van der Waals surface area contributed by atoms with Crippen molar-refractivity contribution in [3.8, 4) is 5.88 Å². The highest BCUT2D eigenvalue weighted by Gasteiger charge is 2.20. The van der Waals surface area contributed by atoms with Crippen molar-refractivity contribution in [2.24, 2.45) is 0 Å². The van der Waals surface area contributed by atoms with E-state index in [0.717, 1.165) is 25.2 Å². The molecule has 0 saturated heterocycles. The molecule has 1 aliphatic heterocycles. The lowest BCUT2D eigenvalue weighted by Crippen LogP contribution is -2.32. The summed E-state index contributed by atoms with van der Waals surface area (Å²) in [5, 5.41) is 0. The monoisotopic (exact) mass is 270 g/mol. The van der Waals surface area contributed by atoms with Crippen molar-refractivity contribution in [2.75, 3.05) is 23.8 Å². The average molecular weight is 270 g/mol. The summed E-state index contributed by atoms with van der Waals surface area (Å²) in [7, 11) is 0. The Hall–Kier alpha value is -2.30. The van der Waals surface area contributed by atoms with E-state index in [9.17, 15) is 0 Å². The number of nitrogens with two attached hydrogens (primary N) is 1. The standard InChI is InChI=1S/C15H18N4O/c1-2-20-14-6-8-17-15(18-14)19-9-7-11-4-3-5-13(16)12(11)10-19/h3-6,8H,2,7,9-10,16H2,1H3. The quantitative estimate of drug-likeness (QED) is 0.864. The van der Waals surface area contributed by atoms with E-state index >= 15 is 0 Å². The first-order chi connectivity index (χ1) is 9.78. The minimum Gasteiger partial charge on any atom is -0.478 e. The minimum atomic E-state index is 0.603. The molecule has 20 heavy (non-hydrogen) atoms. The van der Waals surface area contributed by atoms with Gasteiger partial charge in [0.05, 0.1) is 6.61 Å². The molecule has 2 N–H and O–H groups in total. The zero-order chi connectivity index (χ0) is 13.9. The van der Waals surface area contributed by atoms with Gasteiger partial charge in [0.25, 0.3) is 0 Å². The molecule has 0 saturated carbocycles. The molecule has 104 valence electrons. The fourth-order valence-corrected chi connectivity index (χ4v) is 2.49. The van der Waals surface area contributed by atoms with Gasteiger partial charge < -0.3 is 15.4 Å². The number of anilines is 2. The molecule has 0 amide bonds. The largest absolute Gasteiger partial charge is 0.478 e. The third-order valence-electron chi connectivity index (χ3n) is 3.50. The Morgan fingerprint density at radius 3 is 3.10 bits per heavy atom. The molecule has 0 spiro atoms. The van der Waals surface area contributed by atoms with Crippen molar-refractivity contribution < 1.29 is 4.74 Å². The van der Waals surface area contributed by atoms with Crippen molar-refractivity contribution in [3.05, 3.63) is 41.6 Å². The van der Waals surface area contributed by atoms with Crippen LogP contribution >= 0.6 is 0 Å². The molecular weight excluding hydrogens is 252 g/mol. The van der Waals surface area contributed by atoms with E-state index in [2.05, 4.69) is 20.9 Å². The van der Waals surface area contributed by atoms with Crippen molar-refractivity contribution in [2.45, 2.75) is 19.9 Å². The van der Waals surface area contributed by atoms with E-state index in [1.54, 1.807) is 12.3 Å². The Labute approximate surface area is 118 Å². The summed E-state index contributed by atoms with van der Waals surface area (Å²) < 4.78 is 5.43. The fraction of sp³-hybridized carbons (Fsp3) is 0.333. The topological polar surface area (TPSA) is 64.3 Å². The number of hydrogen-bond donors (Lipinski definition) is 1. The second kappa shape index (κ2) is 5.36. The van der Waals surface area contributed by atoms with Crippen LogP contribution in [0.3, 0.4) is 0 Å². The maximum atomic E-state index is 6.07. The lowest BCUT2D eigenvalue weighted by atomic mass is 9.98. The summed E-state index contributed by atoms with van der Waals surface area (Å²) in [6.07, 6.45) is 2.69. The van der Waals surface area contributed by atoms with Gasteiger partial charge in [-0.1, -0.05) is 12.1 Å². The molecule has 0 fully saturated rings. The first-order valence-corrected chi connectivity index (χ1v) is 6.85. The molecule has 0 unspecified atom stereocenters. The smallest absolute Gasteiger partial charge is 0.228 e. The van der Waals surface area contributed by atoms with Crippen LogP contribution in [0.4, 0.5) is 11.6 Å². The molecule has 3 rings (SSSR count). The molecule has 0 aliphatic carbocycles. The van der Waals surface area contributed by atoms with E-state index in [0.29, 0.717) is 18.4 Å². The number of nitrogens with zero attached hydrogens (tertiary/aromatic N) is 3. The zero-order valence-electron chi connectivity index (χ0n) is 11.5. The van der Waals surface area contributed by atoms with Crippen LogP contribution in [0, 0.1) is 0 Å². The molecule has 5 nitrogen and oxygen atoms in total. The first kappa shape index (κ1) is 12.7. The summed E-state index contributed by atoms with van der Waals surface area (Å²) in [4.78, 5) is 10.9. The number of aromatic nitrogens is 2. The van der Waals surface area contributed by atoms with Crippen LogP contribution in [-0.4, -0.2) is 23.1 Å². The first-order valence-electron chi connectivity index (χ1n) is 6.85. The number of benzene rings is 1. The molecular formula is C15H18N4O. The second-order valence-electron chi connectivity index (χ2n) is 4.78. The fourth-order valence-electron chi connectivity index (χ4n) is 2.49. The third kappa shape index (κ3) is 2.39. The Balaban J connectivity index is 1.86. The van der Waals surface area contributed by atoms with Crippen LogP contribution in [0.2, 0.25) is 0 Å². The number of rotatable bonds is 3. The summed E-state index contributed by atoms with van der Waals surface area (Å²) in [5.41, 5.74) is 9.41. The van der Waals surface area contributed by atoms with Gasteiger partial charge in [-0.15, -0.1) is 0 Å². The van der Waals surface area contributed by atoms with Crippen molar-refractivity contribution >= 4 is 11.6 Å². The Morgan fingerprint density at radius 1 is 1.35 bits per heavy atom. The van der Waals surface area contributed by atoms with Gasteiger partial charge in [0.2, 0.25) is 11.8 Å².